The number of nitrogens with zero attached hydrogens (tertiary/aromatic N) is 3. The van der Waals surface area contributed by atoms with Gasteiger partial charge in [0.2, 0.25) is 5.88 Å². The molecule has 0 aliphatic carbocycles. The van der Waals surface area contributed by atoms with E-state index in [9.17, 15) is 9.18 Å². The number of carbonyl (C=O) groups is 1. The van der Waals surface area contributed by atoms with Crippen LogP contribution < -0.4 is 10.5 Å². The molecule has 2 N–H and O–H groups in total. The van der Waals surface area contributed by atoms with Gasteiger partial charge in [-0.2, -0.15) is 4.98 Å². The number of pyridine rings is 1. The molecule has 0 saturated carbocycles. The molecule has 1 amide bonds. The van der Waals surface area contributed by atoms with E-state index in [4.69, 9.17) is 10.5 Å². The quantitative estimate of drug-likeness (QED) is 0.657. The van der Waals surface area contributed by atoms with E-state index in [2.05, 4.69) is 39.4 Å². The third kappa shape index (κ3) is 4.38. The van der Waals surface area contributed by atoms with Crippen molar-refractivity contribution in [3.63, 3.8) is 0 Å². The van der Waals surface area contributed by atoms with Crippen LogP contribution in [0, 0.1) is 9.39 Å². The number of hydrogen-bond acceptors (Lipinski definition) is 5. The van der Waals surface area contributed by atoms with Gasteiger partial charge in [-0.1, -0.05) is 12.1 Å². The molecule has 1 saturated heterocycles. The lowest BCUT2D eigenvalue weighted by Gasteiger charge is -2.44. The van der Waals surface area contributed by atoms with Gasteiger partial charge in [-0.15, -0.1) is 0 Å². The summed E-state index contributed by atoms with van der Waals surface area (Å²) in [6.45, 7) is 6.16. The molecule has 150 valence electrons. The van der Waals surface area contributed by atoms with Gasteiger partial charge in [0.1, 0.15) is 17.2 Å². The Bertz CT molecular complexity index is 862. The summed E-state index contributed by atoms with van der Waals surface area (Å²) in [5.74, 6) is 0.250. The van der Waals surface area contributed by atoms with Crippen LogP contribution in [0.15, 0.2) is 30.3 Å². The molecule has 0 unspecified atom stereocenters. The van der Waals surface area contributed by atoms with Crippen LogP contribution >= 0.6 is 22.6 Å². The van der Waals surface area contributed by atoms with Crippen LogP contribution in [-0.4, -0.2) is 53.0 Å². The van der Waals surface area contributed by atoms with Crippen LogP contribution in [0.3, 0.4) is 0 Å². The standard InChI is InChI=1S/C20H24FIN4O2/c1-12-10-26(20(27)16-8-17(22)18(23)24-19(16)28-3)13(2)9-25(12)11-14-4-6-15(21)7-5-14/h4-8,12-13H,9-11H2,1-3H3,(H2,23,24)/t12-,13+/m0/s1. The Morgan fingerprint density at radius 1 is 1.29 bits per heavy atom. The van der Waals surface area contributed by atoms with Crippen molar-refractivity contribution in [2.75, 3.05) is 25.9 Å². The summed E-state index contributed by atoms with van der Waals surface area (Å²) in [7, 11) is 1.48. The number of halogens is 2. The van der Waals surface area contributed by atoms with Crippen molar-refractivity contribution >= 4 is 34.3 Å². The summed E-state index contributed by atoms with van der Waals surface area (Å²) < 4.78 is 19.1. The minimum atomic E-state index is -0.235. The van der Waals surface area contributed by atoms with E-state index >= 15 is 0 Å². The SMILES string of the molecule is COc1nc(N)c(I)cc1C(=O)N1C[C@H](C)N(Cc2ccc(F)cc2)C[C@H]1C. The smallest absolute Gasteiger partial charge is 0.259 e. The highest BCUT2D eigenvalue weighted by molar-refractivity contribution is 14.1. The van der Waals surface area contributed by atoms with E-state index in [1.54, 1.807) is 18.2 Å². The van der Waals surface area contributed by atoms with E-state index in [0.717, 1.165) is 22.2 Å². The van der Waals surface area contributed by atoms with Crippen molar-refractivity contribution < 1.29 is 13.9 Å². The van der Waals surface area contributed by atoms with Gasteiger partial charge in [0.05, 0.1) is 10.7 Å². The molecule has 0 radical (unpaired) electrons. The third-order valence-corrected chi connectivity index (χ3v) is 5.93. The number of nitrogens with two attached hydrogens (primary N) is 1. The molecule has 0 bridgehead atoms. The van der Waals surface area contributed by atoms with E-state index in [-0.39, 0.29) is 29.7 Å². The van der Waals surface area contributed by atoms with Crippen LogP contribution in [-0.2, 0) is 6.54 Å². The summed E-state index contributed by atoms with van der Waals surface area (Å²) in [6, 6.07) is 8.47. The Balaban J connectivity index is 1.76. The Morgan fingerprint density at radius 3 is 2.61 bits per heavy atom. The molecule has 2 atom stereocenters. The molecule has 2 heterocycles. The Hall–Kier alpha value is -1.94. The Labute approximate surface area is 178 Å². The number of anilines is 1. The van der Waals surface area contributed by atoms with E-state index in [1.807, 2.05) is 11.8 Å². The third-order valence-electron chi connectivity index (χ3n) is 5.07. The molecular weight excluding hydrogens is 474 g/mol. The number of methoxy groups -OCH3 is 1. The monoisotopic (exact) mass is 498 g/mol. The molecular formula is C20H24FIN4O2. The number of benzene rings is 1. The van der Waals surface area contributed by atoms with Gasteiger partial charge in [-0.05, 0) is 60.2 Å². The van der Waals surface area contributed by atoms with Crippen molar-refractivity contribution in [1.29, 1.82) is 0 Å². The summed E-state index contributed by atoms with van der Waals surface area (Å²) in [6.07, 6.45) is 0. The summed E-state index contributed by atoms with van der Waals surface area (Å²) >= 11 is 2.07. The van der Waals surface area contributed by atoms with Crippen molar-refractivity contribution in [3.8, 4) is 5.88 Å². The summed E-state index contributed by atoms with van der Waals surface area (Å²) in [4.78, 5) is 21.6. The molecule has 1 fully saturated rings. The number of amides is 1. The largest absolute Gasteiger partial charge is 0.480 e. The molecule has 1 aromatic carbocycles. The zero-order valence-corrected chi connectivity index (χ0v) is 18.3. The lowest BCUT2D eigenvalue weighted by Crippen LogP contribution is -2.57. The molecule has 3 rings (SSSR count). The number of piperazine rings is 1. The lowest BCUT2D eigenvalue weighted by atomic mass is 10.0. The van der Waals surface area contributed by atoms with Crippen molar-refractivity contribution in [2.45, 2.75) is 32.5 Å². The van der Waals surface area contributed by atoms with Crippen LogP contribution in [0.4, 0.5) is 10.2 Å². The first-order valence-electron chi connectivity index (χ1n) is 9.09. The molecule has 0 spiro atoms. The zero-order valence-electron chi connectivity index (χ0n) is 16.2. The average Bonchev–Trinajstić information content (AvgIpc) is 2.67. The Kier molecular flexibility index (Phi) is 6.39. The van der Waals surface area contributed by atoms with Crippen molar-refractivity contribution in [3.05, 3.63) is 50.8 Å². The van der Waals surface area contributed by atoms with Crippen molar-refractivity contribution in [1.82, 2.24) is 14.8 Å². The number of nitrogen functional groups attached to an aromatic ring is 1. The van der Waals surface area contributed by atoms with E-state index in [1.165, 1.54) is 19.2 Å². The number of aromatic nitrogens is 1. The molecule has 6 nitrogen and oxygen atoms in total. The molecule has 1 aliphatic rings. The van der Waals surface area contributed by atoms with Crippen LogP contribution in [0.1, 0.15) is 29.8 Å². The summed E-state index contributed by atoms with van der Waals surface area (Å²) in [5.41, 5.74) is 7.32. The number of ether oxygens (including phenoxy) is 1. The van der Waals surface area contributed by atoms with Gasteiger partial charge in [-0.25, -0.2) is 4.39 Å². The Morgan fingerprint density at radius 2 is 1.96 bits per heavy atom. The fourth-order valence-electron chi connectivity index (χ4n) is 3.47. The minimum Gasteiger partial charge on any atom is -0.480 e. The first kappa shape index (κ1) is 20.8. The first-order valence-corrected chi connectivity index (χ1v) is 10.2. The molecule has 1 aliphatic heterocycles. The van der Waals surface area contributed by atoms with E-state index < -0.39 is 0 Å². The second-order valence-electron chi connectivity index (χ2n) is 7.12. The molecule has 2 aromatic rings. The highest BCUT2D eigenvalue weighted by Crippen LogP contribution is 2.27. The second-order valence-corrected chi connectivity index (χ2v) is 8.29. The van der Waals surface area contributed by atoms with Crippen LogP contribution in [0.5, 0.6) is 5.88 Å². The van der Waals surface area contributed by atoms with Crippen LogP contribution in [0.2, 0.25) is 0 Å². The van der Waals surface area contributed by atoms with Crippen LogP contribution in [0.25, 0.3) is 0 Å². The van der Waals surface area contributed by atoms with Gasteiger partial charge < -0.3 is 15.4 Å². The highest BCUT2D eigenvalue weighted by atomic mass is 127. The second kappa shape index (κ2) is 8.60. The predicted octanol–water partition coefficient (Wildman–Crippen LogP) is 3.15. The number of hydrogen-bond donors (Lipinski definition) is 1. The number of rotatable bonds is 4. The predicted molar refractivity (Wildman–Crippen MR) is 115 cm³/mol. The zero-order chi connectivity index (χ0) is 20.4. The normalized spacial score (nSPS) is 20.2. The minimum absolute atomic E-state index is 0.0177. The maximum Gasteiger partial charge on any atom is 0.259 e. The fraction of sp³-hybridized carbons (Fsp3) is 0.400. The first-order chi connectivity index (χ1) is 13.3. The van der Waals surface area contributed by atoms with Gasteiger partial charge in [0.25, 0.3) is 5.91 Å². The molecule has 8 heteroatoms. The van der Waals surface area contributed by atoms with Crippen molar-refractivity contribution in [2.24, 2.45) is 0 Å². The molecule has 1 aromatic heterocycles. The topological polar surface area (TPSA) is 71.7 Å². The highest BCUT2D eigenvalue weighted by Gasteiger charge is 2.34. The average molecular weight is 498 g/mol. The fourth-order valence-corrected chi connectivity index (χ4v) is 3.91. The maximum atomic E-state index is 13.2. The van der Waals surface area contributed by atoms with E-state index in [0.29, 0.717) is 17.9 Å². The van der Waals surface area contributed by atoms with Gasteiger partial charge in [-0.3, -0.25) is 9.69 Å². The van der Waals surface area contributed by atoms with Gasteiger partial charge in [0, 0.05) is 31.7 Å². The molecule has 28 heavy (non-hydrogen) atoms. The van der Waals surface area contributed by atoms with Gasteiger partial charge in [0.15, 0.2) is 0 Å². The summed E-state index contributed by atoms with van der Waals surface area (Å²) in [5, 5.41) is 0. The maximum absolute atomic E-state index is 13.2. The lowest BCUT2D eigenvalue weighted by molar-refractivity contribution is 0.0288. The van der Waals surface area contributed by atoms with Gasteiger partial charge >= 0.3 is 0 Å². The number of carbonyl (C=O) groups excluding carboxylic acids is 1.